The zero-order chi connectivity index (χ0) is 14.9. The molecule has 0 aromatic heterocycles. The maximum atomic E-state index is 13.7. The molecule has 0 unspecified atom stereocenters. The smallest absolute Gasteiger partial charge is 0.238 e. The maximum Gasteiger partial charge on any atom is 0.238 e. The van der Waals surface area contributed by atoms with Gasteiger partial charge in [0.2, 0.25) is 10.0 Å². The molecule has 0 saturated heterocycles. The molecule has 2 N–H and O–H groups in total. The van der Waals surface area contributed by atoms with Crippen molar-refractivity contribution in [2.24, 2.45) is 5.14 Å². The van der Waals surface area contributed by atoms with Gasteiger partial charge in [-0.3, -0.25) is 0 Å². The zero-order valence-corrected chi connectivity index (χ0v) is 12.0. The molecule has 0 amide bonds. The van der Waals surface area contributed by atoms with Crippen molar-refractivity contribution in [1.82, 2.24) is 0 Å². The largest absolute Gasteiger partial charge is 0.454 e. The predicted octanol–water partition coefficient (Wildman–Crippen LogP) is 3.23. The molecule has 7 heteroatoms. The zero-order valence-electron chi connectivity index (χ0n) is 10.4. The summed E-state index contributed by atoms with van der Waals surface area (Å²) in [6.45, 7) is 1.57. The number of primary sulfonamides is 1. The van der Waals surface area contributed by atoms with Crippen molar-refractivity contribution in [2.75, 3.05) is 0 Å². The summed E-state index contributed by atoms with van der Waals surface area (Å²) < 4.78 is 41.6. The Balaban J connectivity index is 2.36. The molecule has 0 aliphatic carbocycles. The minimum absolute atomic E-state index is 0.00332. The van der Waals surface area contributed by atoms with Crippen molar-refractivity contribution in [3.05, 3.63) is 52.8 Å². The first-order valence-electron chi connectivity index (χ1n) is 5.54. The van der Waals surface area contributed by atoms with E-state index < -0.39 is 15.8 Å². The minimum Gasteiger partial charge on any atom is -0.454 e. The van der Waals surface area contributed by atoms with Crippen LogP contribution in [0.2, 0.25) is 5.02 Å². The molecule has 2 aromatic rings. The number of hydrogen-bond donors (Lipinski definition) is 1. The van der Waals surface area contributed by atoms with Crippen molar-refractivity contribution in [1.29, 1.82) is 0 Å². The molecule has 2 aromatic carbocycles. The Morgan fingerprint density at radius 1 is 1.25 bits per heavy atom. The lowest BCUT2D eigenvalue weighted by molar-refractivity contribution is 0.442. The highest BCUT2D eigenvalue weighted by Crippen LogP contribution is 2.30. The highest BCUT2D eigenvalue weighted by Gasteiger charge is 2.13. The number of benzene rings is 2. The Morgan fingerprint density at radius 3 is 2.55 bits per heavy atom. The third kappa shape index (κ3) is 3.09. The van der Waals surface area contributed by atoms with Crippen LogP contribution in [0.3, 0.4) is 0 Å². The number of sulfonamides is 1. The van der Waals surface area contributed by atoms with Crippen LogP contribution in [0.25, 0.3) is 0 Å². The van der Waals surface area contributed by atoms with Crippen molar-refractivity contribution in [2.45, 2.75) is 11.8 Å². The van der Waals surface area contributed by atoms with Crippen molar-refractivity contribution in [3.8, 4) is 11.5 Å². The Kier molecular flexibility index (Phi) is 3.99. The quantitative estimate of drug-likeness (QED) is 0.945. The molecular formula is C13H11ClFNO3S. The van der Waals surface area contributed by atoms with E-state index >= 15 is 0 Å². The van der Waals surface area contributed by atoms with Gasteiger partial charge >= 0.3 is 0 Å². The molecule has 0 aliphatic rings. The molecule has 0 saturated carbocycles. The van der Waals surface area contributed by atoms with E-state index in [1.165, 1.54) is 30.3 Å². The van der Waals surface area contributed by atoms with E-state index in [4.69, 9.17) is 21.5 Å². The molecule has 0 radical (unpaired) electrons. The average molecular weight is 316 g/mol. The van der Waals surface area contributed by atoms with E-state index in [0.29, 0.717) is 5.56 Å². The number of nitrogens with two attached hydrogens (primary N) is 1. The van der Waals surface area contributed by atoms with Gasteiger partial charge in [-0.05, 0) is 42.8 Å². The lowest BCUT2D eigenvalue weighted by atomic mass is 10.2. The molecule has 0 fully saturated rings. The second-order valence-corrected chi connectivity index (χ2v) is 6.06. The molecule has 0 spiro atoms. The third-order valence-electron chi connectivity index (χ3n) is 2.60. The third-order valence-corrected chi connectivity index (χ3v) is 3.96. The first kappa shape index (κ1) is 14.8. The highest BCUT2D eigenvalue weighted by atomic mass is 35.5. The number of ether oxygens (including phenoxy) is 1. The van der Waals surface area contributed by atoms with E-state index in [2.05, 4.69) is 0 Å². The van der Waals surface area contributed by atoms with Gasteiger partial charge < -0.3 is 4.74 Å². The van der Waals surface area contributed by atoms with Gasteiger partial charge in [-0.15, -0.1) is 0 Å². The summed E-state index contributed by atoms with van der Waals surface area (Å²) in [6.07, 6.45) is 0. The number of halogens is 2. The Labute approximate surface area is 121 Å². The Morgan fingerprint density at radius 2 is 1.95 bits per heavy atom. The van der Waals surface area contributed by atoms with Crippen molar-refractivity contribution in [3.63, 3.8) is 0 Å². The van der Waals surface area contributed by atoms with Crippen LogP contribution >= 0.6 is 11.6 Å². The van der Waals surface area contributed by atoms with Crippen LogP contribution in [-0.2, 0) is 10.0 Å². The Bertz CT molecular complexity index is 762. The van der Waals surface area contributed by atoms with Gasteiger partial charge in [0.25, 0.3) is 0 Å². The van der Waals surface area contributed by atoms with Gasteiger partial charge in [-0.1, -0.05) is 17.7 Å². The average Bonchev–Trinajstić information content (AvgIpc) is 2.33. The fourth-order valence-electron chi connectivity index (χ4n) is 1.69. The number of hydrogen-bond acceptors (Lipinski definition) is 3. The molecule has 0 aliphatic heterocycles. The van der Waals surface area contributed by atoms with Gasteiger partial charge in [-0.2, -0.15) is 0 Å². The molecule has 0 heterocycles. The molecule has 106 valence electrons. The second-order valence-electron chi connectivity index (χ2n) is 4.13. The van der Waals surface area contributed by atoms with Crippen LogP contribution in [0, 0.1) is 12.7 Å². The van der Waals surface area contributed by atoms with Gasteiger partial charge in [0, 0.05) is 0 Å². The molecular weight excluding hydrogens is 305 g/mol. The second kappa shape index (κ2) is 5.40. The van der Waals surface area contributed by atoms with Crippen LogP contribution in [-0.4, -0.2) is 8.42 Å². The van der Waals surface area contributed by atoms with Crippen LogP contribution in [0.1, 0.15) is 5.56 Å². The summed E-state index contributed by atoms with van der Waals surface area (Å²) >= 11 is 5.65. The molecule has 4 nitrogen and oxygen atoms in total. The molecule has 2 rings (SSSR count). The first-order valence-corrected chi connectivity index (χ1v) is 7.47. The SMILES string of the molecule is Cc1cc(Oc2cccc(Cl)c2F)ccc1S(N)(=O)=O. The topological polar surface area (TPSA) is 69.4 Å². The van der Waals surface area contributed by atoms with Crippen molar-refractivity contribution < 1.29 is 17.5 Å². The first-order chi connectivity index (χ1) is 9.29. The summed E-state index contributed by atoms with van der Waals surface area (Å²) in [7, 11) is -3.79. The van der Waals surface area contributed by atoms with Gasteiger partial charge in [-0.25, -0.2) is 17.9 Å². The van der Waals surface area contributed by atoms with Crippen LogP contribution in [0.5, 0.6) is 11.5 Å². The molecule has 0 atom stereocenters. The normalized spacial score (nSPS) is 11.4. The summed E-state index contributed by atoms with van der Waals surface area (Å²) in [4.78, 5) is -0.00332. The van der Waals surface area contributed by atoms with Gasteiger partial charge in [0.05, 0.1) is 9.92 Å². The predicted molar refractivity (Wildman–Crippen MR) is 74.0 cm³/mol. The van der Waals surface area contributed by atoms with E-state index in [9.17, 15) is 12.8 Å². The summed E-state index contributed by atoms with van der Waals surface area (Å²) in [5.41, 5.74) is 0.410. The van der Waals surface area contributed by atoms with Crippen LogP contribution < -0.4 is 9.88 Å². The van der Waals surface area contributed by atoms with Gasteiger partial charge in [0.15, 0.2) is 11.6 Å². The highest BCUT2D eigenvalue weighted by molar-refractivity contribution is 7.89. The van der Waals surface area contributed by atoms with E-state index in [-0.39, 0.29) is 21.4 Å². The summed E-state index contributed by atoms with van der Waals surface area (Å²) in [5.74, 6) is -0.432. The van der Waals surface area contributed by atoms with Crippen LogP contribution in [0.15, 0.2) is 41.3 Å². The minimum atomic E-state index is -3.79. The molecule has 20 heavy (non-hydrogen) atoms. The number of aryl methyl sites for hydroxylation is 1. The van der Waals surface area contributed by atoms with E-state index in [0.717, 1.165) is 0 Å². The fraction of sp³-hybridized carbons (Fsp3) is 0.0769. The van der Waals surface area contributed by atoms with Crippen molar-refractivity contribution >= 4 is 21.6 Å². The van der Waals surface area contributed by atoms with E-state index in [1.54, 1.807) is 13.0 Å². The summed E-state index contributed by atoms with van der Waals surface area (Å²) in [5, 5.41) is 5.00. The maximum absolute atomic E-state index is 13.7. The monoisotopic (exact) mass is 315 g/mol. The summed E-state index contributed by atoms with van der Waals surface area (Å²) in [6, 6.07) is 8.53. The lowest BCUT2D eigenvalue weighted by Crippen LogP contribution is -2.13. The standard InChI is InChI=1S/C13H11ClFNO3S/c1-8-7-9(5-6-12(8)20(16,17)18)19-11-4-2-3-10(14)13(11)15/h2-7H,1H3,(H2,16,17,18). The van der Waals surface area contributed by atoms with Crippen LogP contribution in [0.4, 0.5) is 4.39 Å². The Hall–Kier alpha value is -1.63. The lowest BCUT2D eigenvalue weighted by Gasteiger charge is -2.10. The van der Waals surface area contributed by atoms with E-state index in [1.807, 2.05) is 0 Å². The number of rotatable bonds is 3. The molecule has 0 bridgehead atoms. The fourth-order valence-corrected chi connectivity index (χ4v) is 2.63. The van der Waals surface area contributed by atoms with Gasteiger partial charge in [0.1, 0.15) is 5.75 Å².